The Bertz CT molecular complexity index is 980. The van der Waals surface area contributed by atoms with E-state index >= 15 is 0 Å². The van der Waals surface area contributed by atoms with Crippen LogP contribution in [-0.4, -0.2) is 15.9 Å². The smallest absolute Gasteiger partial charge is 0.265 e. The summed E-state index contributed by atoms with van der Waals surface area (Å²) in [7, 11) is 0. The Morgan fingerprint density at radius 1 is 0.864 bits per heavy atom. The second-order valence-electron chi connectivity index (χ2n) is 4.85. The van der Waals surface area contributed by atoms with E-state index in [2.05, 4.69) is 15.3 Å². The Morgan fingerprint density at radius 3 is 2.32 bits per heavy atom. The van der Waals surface area contributed by atoms with E-state index in [9.17, 15) is 4.79 Å². The third-order valence-electron chi connectivity index (χ3n) is 3.34. The zero-order valence-corrected chi connectivity index (χ0v) is 12.3. The fraction of sp³-hybridized carbons (Fsp3) is 0. The highest BCUT2D eigenvalue weighted by atomic mass is 32.1. The number of aromatic nitrogens is 2. The highest BCUT2D eigenvalue weighted by Crippen LogP contribution is 2.20. The largest absolute Gasteiger partial charge is 0.321 e. The number of amides is 1. The third kappa shape index (κ3) is 2.31. The molecule has 1 amide bonds. The van der Waals surface area contributed by atoms with Crippen molar-refractivity contribution in [2.24, 2.45) is 0 Å². The average molecular weight is 305 g/mol. The second-order valence-corrected chi connectivity index (χ2v) is 5.79. The van der Waals surface area contributed by atoms with Crippen LogP contribution in [0.25, 0.3) is 22.1 Å². The zero-order chi connectivity index (χ0) is 14.9. The van der Waals surface area contributed by atoms with Crippen LogP contribution < -0.4 is 5.32 Å². The number of fused-ring (bicyclic) bond motifs is 2. The summed E-state index contributed by atoms with van der Waals surface area (Å²) >= 11 is 1.42. The minimum atomic E-state index is -0.108. The van der Waals surface area contributed by atoms with Crippen LogP contribution in [0.15, 0.2) is 60.0 Å². The predicted octanol–water partition coefficient (Wildman–Crippen LogP) is 4.10. The number of hydrogen-bond donors (Lipinski definition) is 1. The highest BCUT2D eigenvalue weighted by Gasteiger charge is 2.08. The molecule has 4 aromatic rings. The molecule has 106 valence electrons. The Kier molecular flexibility index (Phi) is 3.05. The van der Waals surface area contributed by atoms with Crippen molar-refractivity contribution in [3.8, 4) is 0 Å². The van der Waals surface area contributed by atoms with Gasteiger partial charge in [-0.3, -0.25) is 4.79 Å². The van der Waals surface area contributed by atoms with Gasteiger partial charge in [0.1, 0.15) is 0 Å². The molecular formula is C17H11N3OS. The van der Waals surface area contributed by atoms with Gasteiger partial charge < -0.3 is 5.32 Å². The molecule has 0 bridgehead atoms. The summed E-state index contributed by atoms with van der Waals surface area (Å²) in [6.45, 7) is 0. The first kappa shape index (κ1) is 12.9. The van der Waals surface area contributed by atoms with Crippen molar-refractivity contribution in [2.45, 2.75) is 0 Å². The van der Waals surface area contributed by atoms with Crippen molar-refractivity contribution in [3.63, 3.8) is 0 Å². The number of carbonyl (C=O) groups excluding carboxylic acids is 1. The van der Waals surface area contributed by atoms with Gasteiger partial charge in [0.25, 0.3) is 5.91 Å². The molecule has 0 unspecified atom stereocenters. The predicted molar refractivity (Wildman–Crippen MR) is 89.3 cm³/mol. The van der Waals surface area contributed by atoms with Crippen LogP contribution in [0.2, 0.25) is 0 Å². The van der Waals surface area contributed by atoms with E-state index in [1.165, 1.54) is 11.3 Å². The molecule has 4 nitrogen and oxygen atoms in total. The van der Waals surface area contributed by atoms with Crippen LogP contribution in [0.1, 0.15) is 9.67 Å². The van der Waals surface area contributed by atoms with Gasteiger partial charge in [0.2, 0.25) is 0 Å². The molecule has 0 fully saturated rings. The molecule has 0 aliphatic heterocycles. The number of para-hydroxylation sites is 2. The van der Waals surface area contributed by atoms with Gasteiger partial charge in [-0.25, -0.2) is 9.97 Å². The van der Waals surface area contributed by atoms with E-state index < -0.39 is 0 Å². The number of carbonyl (C=O) groups is 1. The fourth-order valence-corrected chi connectivity index (χ4v) is 2.92. The van der Waals surface area contributed by atoms with Crippen LogP contribution >= 0.6 is 11.3 Å². The fourth-order valence-electron chi connectivity index (χ4n) is 2.30. The van der Waals surface area contributed by atoms with Crippen LogP contribution in [0.4, 0.5) is 5.69 Å². The van der Waals surface area contributed by atoms with Gasteiger partial charge in [-0.05, 0) is 41.8 Å². The topological polar surface area (TPSA) is 54.9 Å². The molecule has 0 aliphatic rings. The van der Waals surface area contributed by atoms with Gasteiger partial charge in [0.05, 0.1) is 26.9 Å². The van der Waals surface area contributed by atoms with Crippen LogP contribution in [0.5, 0.6) is 0 Å². The molecule has 2 aromatic heterocycles. The van der Waals surface area contributed by atoms with Crippen LogP contribution in [0, 0.1) is 0 Å². The lowest BCUT2D eigenvalue weighted by molar-refractivity contribution is 0.103. The summed E-state index contributed by atoms with van der Waals surface area (Å²) in [6, 6.07) is 17.0. The summed E-state index contributed by atoms with van der Waals surface area (Å²) in [6.07, 6.45) is 0. The third-order valence-corrected chi connectivity index (χ3v) is 4.21. The Balaban J connectivity index is 1.73. The molecule has 0 spiro atoms. The van der Waals surface area contributed by atoms with Crippen molar-refractivity contribution in [3.05, 3.63) is 64.9 Å². The summed E-state index contributed by atoms with van der Waals surface area (Å²) in [5.41, 5.74) is 4.01. The maximum atomic E-state index is 12.1. The SMILES string of the molecule is O=C(Nc1ccc2nc3ccccc3nc2c1)c1cccs1. The van der Waals surface area contributed by atoms with E-state index in [0.717, 1.165) is 27.8 Å². The molecule has 2 heterocycles. The van der Waals surface area contributed by atoms with E-state index in [1.54, 1.807) is 6.07 Å². The van der Waals surface area contributed by atoms with Crippen LogP contribution in [-0.2, 0) is 0 Å². The van der Waals surface area contributed by atoms with E-state index in [0.29, 0.717) is 4.88 Å². The maximum absolute atomic E-state index is 12.1. The van der Waals surface area contributed by atoms with Gasteiger partial charge in [-0.2, -0.15) is 0 Å². The summed E-state index contributed by atoms with van der Waals surface area (Å²) in [5.74, 6) is -0.108. The molecular weight excluding hydrogens is 294 g/mol. The van der Waals surface area contributed by atoms with E-state index in [4.69, 9.17) is 0 Å². The lowest BCUT2D eigenvalue weighted by Crippen LogP contribution is -2.09. The van der Waals surface area contributed by atoms with Gasteiger partial charge in [0.15, 0.2) is 0 Å². The van der Waals surface area contributed by atoms with Crippen molar-refractivity contribution in [1.82, 2.24) is 9.97 Å². The van der Waals surface area contributed by atoms with Gasteiger partial charge in [-0.15, -0.1) is 11.3 Å². The van der Waals surface area contributed by atoms with Gasteiger partial charge in [-0.1, -0.05) is 18.2 Å². The van der Waals surface area contributed by atoms with Gasteiger partial charge >= 0.3 is 0 Å². The van der Waals surface area contributed by atoms with Gasteiger partial charge in [0, 0.05) is 5.69 Å². The summed E-state index contributed by atoms with van der Waals surface area (Å²) in [4.78, 5) is 21.9. The number of nitrogens with zero attached hydrogens (tertiary/aromatic N) is 2. The van der Waals surface area contributed by atoms with E-state index in [-0.39, 0.29) is 5.91 Å². The monoisotopic (exact) mass is 305 g/mol. The number of anilines is 1. The first-order valence-corrected chi connectivity index (χ1v) is 7.69. The van der Waals surface area contributed by atoms with Crippen molar-refractivity contribution in [1.29, 1.82) is 0 Å². The molecule has 4 rings (SSSR count). The number of nitrogens with one attached hydrogen (secondary N) is 1. The average Bonchev–Trinajstić information content (AvgIpc) is 3.07. The van der Waals surface area contributed by atoms with E-state index in [1.807, 2.05) is 53.9 Å². The molecule has 0 saturated carbocycles. The Labute approximate surface area is 130 Å². The first-order valence-electron chi connectivity index (χ1n) is 6.81. The maximum Gasteiger partial charge on any atom is 0.265 e. The lowest BCUT2D eigenvalue weighted by atomic mass is 10.2. The first-order chi connectivity index (χ1) is 10.8. The standard InChI is InChI=1S/C17H11N3OS/c21-17(16-6-3-9-22-16)18-11-7-8-14-15(10-11)20-13-5-2-1-4-12(13)19-14/h1-10H,(H,18,21). The molecule has 5 heteroatoms. The summed E-state index contributed by atoms with van der Waals surface area (Å²) < 4.78 is 0. The Morgan fingerprint density at radius 2 is 1.59 bits per heavy atom. The normalized spacial score (nSPS) is 10.9. The molecule has 0 radical (unpaired) electrons. The molecule has 1 N–H and O–H groups in total. The lowest BCUT2D eigenvalue weighted by Gasteiger charge is -2.06. The molecule has 22 heavy (non-hydrogen) atoms. The van der Waals surface area contributed by atoms with Crippen molar-refractivity contribution >= 4 is 45.0 Å². The quantitative estimate of drug-likeness (QED) is 0.567. The second kappa shape index (κ2) is 5.20. The minimum absolute atomic E-state index is 0.108. The van der Waals surface area contributed by atoms with Crippen molar-refractivity contribution < 1.29 is 4.79 Å². The molecule has 0 saturated heterocycles. The Hall–Kier alpha value is -2.79. The minimum Gasteiger partial charge on any atom is -0.321 e. The number of thiophene rings is 1. The number of benzene rings is 2. The molecule has 0 atom stereocenters. The van der Waals surface area contributed by atoms with Crippen LogP contribution in [0.3, 0.4) is 0 Å². The van der Waals surface area contributed by atoms with Crippen molar-refractivity contribution in [2.75, 3.05) is 5.32 Å². The molecule has 0 aliphatic carbocycles. The molecule has 2 aromatic carbocycles. The highest BCUT2D eigenvalue weighted by molar-refractivity contribution is 7.12. The number of hydrogen-bond acceptors (Lipinski definition) is 4. The zero-order valence-electron chi connectivity index (χ0n) is 11.5. The summed E-state index contributed by atoms with van der Waals surface area (Å²) in [5, 5.41) is 4.77. The number of rotatable bonds is 2.